The van der Waals surface area contributed by atoms with Gasteiger partial charge < -0.3 is 0 Å². The van der Waals surface area contributed by atoms with Crippen LogP contribution in [0.15, 0.2) is 37.4 Å². The average Bonchev–Trinajstić information content (AvgIpc) is 3.19. The van der Waals surface area contributed by atoms with E-state index in [1.54, 1.807) is 0 Å². The molecule has 4 nitrogen and oxygen atoms in total. The van der Waals surface area contributed by atoms with Crippen LogP contribution >= 0.6 is 15.6 Å². The van der Waals surface area contributed by atoms with E-state index >= 15 is 0 Å². The number of nitrogens with zero attached hydrogens (tertiary/aromatic N) is 4. The molecule has 0 fully saturated rings. The van der Waals surface area contributed by atoms with Gasteiger partial charge in [-0.1, -0.05) is 25.7 Å². The van der Waals surface area contributed by atoms with Gasteiger partial charge in [0.1, 0.15) is 24.8 Å². The second kappa shape index (κ2) is 11.0. The Morgan fingerprint density at radius 1 is 0.472 bits per heavy atom. The van der Waals surface area contributed by atoms with Gasteiger partial charge in [-0.05, 0) is 25.7 Å². The number of unbranched alkanes of at least 4 members (excludes halogenated alkanes) is 7. The molecule has 0 aromatic carbocycles. The summed E-state index contributed by atoms with van der Waals surface area (Å²) < 4.78 is 127. The molecule has 0 bridgehead atoms. The third kappa shape index (κ3) is 37.0. The fourth-order valence-corrected chi connectivity index (χ4v) is 2.92. The topological polar surface area (TPSA) is 17.6 Å². The monoisotopic (exact) mass is 594 g/mol. The molecule has 0 spiro atoms. The number of hydrogen-bond acceptors (Lipinski definition) is 0. The van der Waals surface area contributed by atoms with E-state index in [0.29, 0.717) is 0 Å². The summed E-state index contributed by atoms with van der Waals surface area (Å²) in [5, 5.41) is 0. The summed E-state index contributed by atoms with van der Waals surface area (Å²) in [7, 11) is -17.2. The molecule has 2 aromatic heterocycles. The number of aromatic nitrogens is 4. The van der Waals surface area contributed by atoms with Crippen molar-refractivity contribution in [1.82, 2.24) is 9.13 Å². The van der Waals surface area contributed by atoms with Crippen molar-refractivity contribution >= 4 is 15.6 Å². The van der Waals surface area contributed by atoms with Gasteiger partial charge in [0, 0.05) is 0 Å². The average molecular weight is 594 g/mol. The molecule has 0 unspecified atom stereocenters. The third-order valence-corrected chi connectivity index (χ3v) is 4.23. The molecule has 0 amide bonds. The van der Waals surface area contributed by atoms with Gasteiger partial charge in [-0.15, -0.1) is 0 Å². The Kier molecular flexibility index (Phi) is 10.6. The van der Waals surface area contributed by atoms with Crippen LogP contribution in [0.4, 0.5) is 50.4 Å². The molecule has 0 saturated heterocycles. The first-order chi connectivity index (χ1) is 15.6. The van der Waals surface area contributed by atoms with Crippen molar-refractivity contribution < 1.29 is 59.5 Å². The first-order valence-corrected chi connectivity index (χ1v) is 14.8. The number of hydrogen-bond donors (Lipinski definition) is 0. The van der Waals surface area contributed by atoms with Crippen LogP contribution in [0.25, 0.3) is 0 Å². The van der Waals surface area contributed by atoms with Crippen LogP contribution in [0.2, 0.25) is 0 Å². The van der Waals surface area contributed by atoms with Crippen molar-refractivity contribution in [3.8, 4) is 0 Å². The summed E-state index contributed by atoms with van der Waals surface area (Å²) in [6.07, 6.45) is 23.8. The Labute approximate surface area is 201 Å². The molecule has 2 heterocycles. The number of aryl methyl sites for hydroxylation is 4. The minimum atomic E-state index is -10.7. The van der Waals surface area contributed by atoms with E-state index in [4.69, 9.17) is 0 Å². The molecule has 218 valence electrons. The molecule has 0 saturated carbocycles. The summed E-state index contributed by atoms with van der Waals surface area (Å²) in [4.78, 5) is 0. The van der Waals surface area contributed by atoms with Crippen LogP contribution in [0.3, 0.4) is 0 Å². The molecule has 18 heteroatoms. The summed E-state index contributed by atoms with van der Waals surface area (Å²) >= 11 is 0. The molecule has 0 aliphatic heterocycles. The maximum atomic E-state index is 9.87. The fraction of sp³-hybridized carbons (Fsp3) is 0.667. The molecule has 2 aromatic rings. The zero-order valence-corrected chi connectivity index (χ0v) is 21.5. The molecular formula is C18H32F12N4P2. The Morgan fingerprint density at radius 2 is 0.694 bits per heavy atom. The van der Waals surface area contributed by atoms with E-state index in [1.807, 2.05) is 0 Å². The first-order valence-electron chi connectivity index (χ1n) is 10.8. The molecule has 2 rings (SSSR count). The normalized spacial score (nSPS) is 15.8. The van der Waals surface area contributed by atoms with E-state index in [9.17, 15) is 50.4 Å². The number of halogens is 12. The third-order valence-electron chi connectivity index (χ3n) is 4.23. The Balaban J connectivity index is 0.000000720. The number of rotatable bonds is 11. The predicted molar refractivity (Wildman–Crippen MR) is 115 cm³/mol. The molecular weight excluding hydrogens is 562 g/mol. The van der Waals surface area contributed by atoms with Gasteiger partial charge in [-0.25, -0.2) is 18.3 Å². The summed E-state index contributed by atoms with van der Waals surface area (Å²) in [6.45, 7) is 2.32. The van der Waals surface area contributed by atoms with Crippen molar-refractivity contribution in [3.05, 3.63) is 37.4 Å². The van der Waals surface area contributed by atoms with E-state index < -0.39 is 15.6 Å². The Morgan fingerprint density at radius 3 is 0.889 bits per heavy atom. The van der Waals surface area contributed by atoms with E-state index in [0.717, 1.165) is 13.1 Å². The van der Waals surface area contributed by atoms with Crippen molar-refractivity contribution in [2.24, 2.45) is 14.1 Å². The van der Waals surface area contributed by atoms with Crippen LogP contribution in [0, 0.1) is 0 Å². The van der Waals surface area contributed by atoms with Crippen molar-refractivity contribution in [1.29, 1.82) is 0 Å². The second-order valence-corrected chi connectivity index (χ2v) is 12.2. The number of imidazole rings is 2. The summed E-state index contributed by atoms with van der Waals surface area (Å²) in [6, 6.07) is 0. The van der Waals surface area contributed by atoms with Gasteiger partial charge in [0.25, 0.3) is 0 Å². The van der Waals surface area contributed by atoms with Gasteiger partial charge in [-0.3, -0.25) is 0 Å². The molecule has 0 atom stereocenters. The fourth-order valence-electron chi connectivity index (χ4n) is 2.92. The molecule has 36 heavy (non-hydrogen) atoms. The van der Waals surface area contributed by atoms with Crippen LogP contribution < -0.4 is 9.13 Å². The minimum absolute atomic E-state index is 1.16. The van der Waals surface area contributed by atoms with Crippen molar-refractivity contribution in [2.45, 2.75) is 64.5 Å². The Bertz CT molecular complexity index is 819. The molecule has 0 radical (unpaired) electrons. The first kappa shape index (κ1) is 34.4. The molecule has 0 N–H and O–H groups in total. The van der Waals surface area contributed by atoms with Crippen molar-refractivity contribution in [3.63, 3.8) is 0 Å². The van der Waals surface area contributed by atoms with Crippen LogP contribution in [-0.2, 0) is 27.2 Å². The SMILES string of the molecule is C[n+]1ccn(CCCCCCCCCCn2cc[n+](C)c2)c1.F[P-](F)(F)(F)(F)F.F[P-](F)(F)(F)(F)F. The quantitative estimate of drug-likeness (QED) is 0.107. The molecule has 0 aliphatic carbocycles. The zero-order chi connectivity index (χ0) is 28.4. The maximum absolute atomic E-state index is 10.7. The zero-order valence-electron chi connectivity index (χ0n) is 19.8. The predicted octanol–water partition coefficient (Wildman–Crippen LogP) is 9.52. The van der Waals surface area contributed by atoms with Crippen LogP contribution in [0.5, 0.6) is 0 Å². The van der Waals surface area contributed by atoms with Gasteiger partial charge in [-0.2, -0.15) is 0 Å². The van der Waals surface area contributed by atoms with Crippen LogP contribution in [0.1, 0.15) is 51.4 Å². The van der Waals surface area contributed by atoms with E-state index in [2.05, 4.69) is 69.8 Å². The van der Waals surface area contributed by atoms with E-state index in [-0.39, 0.29) is 0 Å². The summed E-state index contributed by atoms with van der Waals surface area (Å²) in [5.74, 6) is 0. The molecule has 0 aliphatic rings. The van der Waals surface area contributed by atoms with Crippen molar-refractivity contribution in [2.75, 3.05) is 0 Å². The summed E-state index contributed by atoms with van der Waals surface area (Å²) in [5.41, 5.74) is 0. The standard InChI is InChI=1S/C18H32N4.2F6P/c1-19-13-15-21(17-19)11-9-7-5-3-4-6-8-10-12-22-16-14-20(2)18-22;2*1-7(2,3,4,5)6/h13-18H,3-12H2,1-2H3;;/q+2;2*-1. The van der Waals surface area contributed by atoms with Gasteiger partial charge in [0.2, 0.25) is 12.7 Å². The van der Waals surface area contributed by atoms with Crippen LogP contribution in [-0.4, -0.2) is 9.13 Å². The van der Waals surface area contributed by atoms with Gasteiger partial charge in [0.05, 0.1) is 27.2 Å². The van der Waals surface area contributed by atoms with E-state index in [1.165, 1.54) is 51.4 Å². The Hall–Kier alpha value is -1.56. The van der Waals surface area contributed by atoms with Gasteiger partial charge >= 0.3 is 66.0 Å². The van der Waals surface area contributed by atoms with Gasteiger partial charge in [0.15, 0.2) is 0 Å². The second-order valence-electron chi connectivity index (χ2n) is 8.38.